The molecule has 0 saturated heterocycles. The quantitative estimate of drug-likeness (QED) is 0.528. The number of ether oxygens (including phenoxy) is 1. The topological polar surface area (TPSA) is 87.2 Å². The van der Waals surface area contributed by atoms with Crippen LogP contribution in [0.3, 0.4) is 0 Å². The molecule has 0 spiro atoms. The molecule has 2 amide bonds. The van der Waals surface area contributed by atoms with E-state index in [4.69, 9.17) is 4.74 Å². The van der Waals surface area contributed by atoms with Gasteiger partial charge in [-0.25, -0.2) is 9.69 Å². The lowest BCUT2D eigenvalue weighted by Gasteiger charge is -2.20. The Bertz CT molecular complexity index is 934. The second-order valence-corrected chi connectivity index (χ2v) is 7.42. The van der Waals surface area contributed by atoms with Crippen LogP contribution in [0.25, 0.3) is 5.57 Å². The monoisotopic (exact) mass is 414 g/mol. The number of thiophene rings is 1. The normalized spacial score (nSPS) is 14.0. The summed E-state index contributed by atoms with van der Waals surface area (Å²) in [6, 6.07) is 9.78. The van der Waals surface area contributed by atoms with Crippen molar-refractivity contribution >= 4 is 40.4 Å². The highest BCUT2D eigenvalue weighted by Crippen LogP contribution is 2.36. The molecule has 152 valence electrons. The number of aliphatic hydroxyl groups excluding tert-OH is 1. The lowest BCUT2D eigenvalue weighted by Crippen LogP contribution is -2.34. The van der Waals surface area contributed by atoms with Crippen molar-refractivity contribution in [2.24, 2.45) is 0 Å². The molecule has 7 nitrogen and oxygen atoms in total. The molecule has 3 rings (SSSR count). The minimum Gasteiger partial charge on any atom is -0.462 e. The van der Waals surface area contributed by atoms with Crippen LogP contribution in [0, 0.1) is 0 Å². The summed E-state index contributed by atoms with van der Waals surface area (Å²) >= 11 is 1.37. The number of amides is 2. The van der Waals surface area contributed by atoms with E-state index in [9.17, 15) is 19.5 Å². The lowest BCUT2D eigenvalue weighted by atomic mass is 10.1. The fourth-order valence-electron chi connectivity index (χ4n) is 3.04. The van der Waals surface area contributed by atoms with Crippen molar-refractivity contribution < 1.29 is 24.2 Å². The fourth-order valence-corrected chi connectivity index (χ4v) is 3.80. The number of benzene rings is 1. The largest absolute Gasteiger partial charge is 0.462 e. The van der Waals surface area contributed by atoms with E-state index in [1.54, 1.807) is 30.1 Å². The van der Waals surface area contributed by atoms with Crippen molar-refractivity contribution in [2.45, 2.75) is 13.3 Å². The van der Waals surface area contributed by atoms with E-state index in [0.717, 1.165) is 11.3 Å². The Balaban J connectivity index is 1.93. The molecule has 8 heteroatoms. The van der Waals surface area contributed by atoms with E-state index in [2.05, 4.69) is 0 Å². The van der Waals surface area contributed by atoms with E-state index in [0.29, 0.717) is 28.3 Å². The Morgan fingerprint density at radius 1 is 1.17 bits per heavy atom. The highest BCUT2D eigenvalue weighted by Gasteiger charge is 2.42. The van der Waals surface area contributed by atoms with Crippen LogP contribution in [0.2, 0.25) is 0 Å². The fraction of sp³-hybridized carbons (Fsp3) is 0.286. The third kappa shape index (κ3) is 4.08. The summed E-state index contributed by atoms with van der Waals surface area (Å²) in [5.74, 6) is -1.34. The van der Waals surface area contributed by atoms with Crippen LogP contribution in [-0.4, -0.2) is 54.6 Å². The molecule has 0 fully saturated rings. The standard InChI is InChI=1S/C21H22N2O5S/c1-3-12-28-21(27)14-6-8-15(9-7-14)23-19(25)17(16-5-4-13-29-16)18(20(23)26)22(2)10-11-24/h4-9,13,24H,3,10-12H2,1-2H3. The summed E-state index contributed by atoms with van der Waals surface area (Å²) in [7, 11) is 1.67. The Hall–Kier alpha value is -2.97. The molecule has 0 aliphatic carbocycles. The zero-order valence-electron chi connectivity index (χ0n) is 16.3. The number of anilines is 1. The lowest BCUT2D eigenvalue weighted by molar-refractivity contribution is -0.120. The Labute approximate surface area is 172 Å². The summed E-state index contributed by atoms with van der Waals surface area (Å²) in [6.07, 6.45) is 0.724. The SMILES string of the molecule is CCCOC(=O)c1ccc(N2C(=O)C(c3cccs3)=C(N(C)CCO)C2=O)cc1. The first-order valence-corrected chi connectivity index (χ1v) is 10.1. The van der Waals surface area contributed by atoms with Gasteiger partial charge in [-0.1, -0.05) is 13.0 Å². The zero-order chi connectivity index (χ0) is 21.0. The number of rotatable bonds is 8. The maximum atomic E-state index is 13.2. The van der Waals surface area contributed by atoms with Crippen LogP contribution in [0.5, 0.6) is 0 Å². The predicted octanol–water partition coefficient (Wildman–Crippen LogP) is 2.52. The third-order valence-corrected chi connectivity index (χ3v) is 5.33. The molecule has 29 heavy (non-hydrogen) atoms. The average molecular weight is 414 g/mol. The minimum absolute atomic E-state index is 0.145. The van der Waals surface area contributed by atoms with Crippen molar-refractivity contribution in [1.82, 2.24) is 4.90 Å². The molecule has 1 aromatic heterocycles. The first-order valence-electron chi connectivity index (χ1n) is 9.25. The van der Waals surface area contributed by atoms with Gasteiger partial charge in [0.2, 0.25) is 0 Å². The van der Waals surface area contributed by atoms with Crippen LogP contribution in [0.15, 0.2) is 47.5 Å². The van der Waals surface area contributed by atoms with E-state index in [1.807, 2.05) is 18.4 Å². The van der Waals surface area contributed by atoms with Crippen LogP contribution in [0.4, 0.5) is 5.69 Å². The van der Waals surface area contributed by atoms with Gasteiger partial charge in [0, 0.05) is 18.5 Å². The number of hydrogen-bond donors (Lipinski definition) is 1. The molecule has 0 radical (unpaired) electrons. The molecule has 0 unspecified atom stereocenters. The van der Waals surface area contributed by atoms with E-state index >= 15 is 0 Å². The van der Waals surface area contributed by atoms with Gasteiger partial charge < -0.3 is 14.7 Å². The van der Waals surface area contributed by atoms with Crippen molar-refractivity contribution in [2.75, 3.05) is 31.7 Å². The summed E-state index contributed by atoms with van der Waals surface area (Å²) < 4.78 is 5.10. The van der Waals surface area contributed by atoms with Gasteiger partial charge in [0.1, 0.15) is 5.70 Å². The van der Waals surface area contributed by atoms with Crippen molar-refractivity contribution in [3.8, 4) is 0 Å². The van der Waals surface area contributed by atoms with Crippen molar-refractivity contribution in [3.05, 3.63) is 57.9 Å². The molecule has 0 atom stereocenters. The van der Waals surface area contributed by atoms with Crippen LogP contribution in [0.1, 0.15) is 28.6 Å². The molecule has 0 saturated carbocycles. The molecule has 1 N–H and O–H groups in total. The van der Waals surface area contributed by atoms with Gasteiger partial charge in [-0.2, -0.15) is 0 Å². The summed E-state index contributed by atoms with van der Waals surface area (Å²) in [5, 5.41) is 11.1. The highest BCUT2D eigenvalue weighted by atomic mass is 32.1. The highest BCUT2D eigenvalue weighted by molar-refractivity contribution is 7.11. The van der Waals surface area contributed by atoms with Crippen molar-refractivity contribution in [3.63, 3.8) is 0 Å². The van der Waals surface area contributed by atoms with Gasteiger partial charge in [-0.3, -0.25) is 9.59 Å². The molecule has 1 aromatic carbocycles. The number of aliphatic hydroxyl groups is 1. The number of carbonyl (C=O) groups is 3. The first-order chi connectivity index (χ1) is 14.0. The van der Waals surface area contributed by atoms with Gasteiger partial charge in [0.25, 0.3) is 11.8 Å². The number of nitrogens with zero attached hydrogens (tertiary/aromatic N) is 2. The zero-order valence-corrected chi connectivity index (χ0v) is 17.1. The summed E-state index contributed by atoms with van der Waals surface area (Å²) in [5.41, 5.74) is 1.28. The van der Waals surface area contributed by atoms with Crippen LogP contribution >= 0.6 is 11.3 Å². The molecule has 0 bridgehead atoms. The number of imide groups is 1. The molecular formula is C21H22N2O5S. The van der Waals surface area contributed by atoms with Gasteiger partial charge in [0.15, 0.2) is 0 Å². The first kappa shape index (κ1) is 20.8. The molecule has 2 heterocycles. The van der Waals surface area contributed by atoms with E-state index < -0.39 is 17.8 Å². The summed E-state index contributed by atoms with van der Waals surface area (Å²) in [6.45, 7) is 2.32. The maximum absolute atomic E-state index is 13.2. The number of esters is 1. The Morgan fingerprint density at radius 3 is 2.48 bits per heavy atom. The maximum Gasteiger partial charge on any atom is 0.338 e. The molecule has 1 aliphatic rings. The van der Waals surface area contributed by atoms with Gasteiger partial charge in [0.05, 0.1) is 30.0 Å². The van der Waals surface area contributed by atoms with Crippen molar-refractivity contribution in [1.29, 1.82) is 0 Å². The number of hydrogen-bond acceptors (Lipinski definition) is 7. The molecular weight excluding hydrogens is 392 g/mol. The van der Waals surface area contributed by atoms with E-state index in [-0.39, 0.29) is 18.8 Å². The van der Waals surface area contributed by atoms with Gasteiger partial charge in [-0.15, -0.1) is 11.3 Å². The van der Waals surface area contributed by atoms with E-state index in [1.165, 1.54) is 23.5 Å². The third-order valence-electron chi connectivity index (χ3n) is 4.44. The molecule has 2 aromatic rings. The minimum atomic E-state index is -0.462. The Morgan fingerprint density at radius 2 is 1.90 bits per heavy atom. The average Bonchev–Trinajstić information content (AvgIpc) is 3.32. The smallest absolute Gasteiger partial charge is 0.338 e. The molecule has 1 aliphatic heterocycles. The second kappa shape index (κ2) is 9.02. The number of carbonyl (C=O) groups excluding carboxylic acids is 3. The Kier molecular flexibility index (Phi) is 6.46. The van der Waals surface area contributed by atoms with Crippen LogP contribution < -0.4 is 4.90 Å². The van der Waals surface area contributed by atoms with Crippen LogP contribution in [-0.2, 0) is 14.3 Å². The van der Waals surface area contributed by atoms with Gasteiger partial charge in [-0.05, 0) is 42.1 Å². The second-order valence-electron chi connectivity index (χ2n) is 6.47. The predicted molar refractivity (Wildman–Crippen MR) is 110 cm³/mol. The summed E-state index contributed by atoms with van der Waals surface area (Å²) in [4.78, 5) is 41.7. The number of likely N-dealkylation sites (N-methyl/N-ethyl adjacent to an activating group) is 1. The van der Waals surface area contributed by atoms with Gasteiger partial charge >= 0.3 is 5.97 Å².